The highest BCUT2D eigenvalue weighted by Gasteiger charge is 2.34. The van der Waals surface area contributed by atoms with Gasteiger partial charge in [-0.05, 0) is 75.3 Å². The Hall–Kier alpha value is -1.01. The number of nitrogens with one attached hydrogen (secondary N) is 4. The zero-order chi connectivity index (χ0) is 21.3. The van der Waals surface area contributed by atoms with Gasteiger partial charge in [0.1, 0.15) is 0 Å². The summed E-state index contributed by atoms with van der Waals surface area (Å²) in [6.07, 6.45) is 18.2. The molecule has 5 nitrogen and oxygen atoms in total. The van der Waals surface area contributed by atoms with Crippen LogP contribution in [0.2, 0.25) is 0 Å². The topological polar surface area (TPSA) is 61.0 Å². The number of hydrogen-bond donors (Lipinski definition) is 4. The quantitative estimate of drug-likeness (QED) is 0.497. The molecule has 4 aliphatic carbocycles. The number of pyridine rings is 1. The van der Waals surface area contributed by atoms with Gasteiger partial charge in [0, 0.05) is 37.3 Å². The Balaban J connectivity index is 1.35. The van der Waals surface area contributed by atoms with Crippen LogP contribution in [0.25, 0.3) is 0 Å². The van der Waals surface area contributed by atoms with Crippen LogP contribution >= 0.6 is 0 Å². The molecule has 5 heteroatoms. The minimum Gasteiger partial charge on any atom is -0.311 e. The predicted molar refractivity (Wildman–Crippen MR) is 130 cm³/mol. The van der Waals surface area contributed by atoms with E-state index in [1.54, 1.807) is 0 Å². The van der Waals surface area contributed by atoms with E-state index in [4.69, 9.17) is 4.98 Å². The van der Waals surface area contributed by atoms with Gasteiger partial charge in [-0.2, -0.15) is 0 Å². The fourth-order valence-corrected chi connectivity index (χ4v) is 7.41. The van der Waals surface area contributed by atoms with Gasteiger partial charge in [-0.1, -0.05) is 31.7 Å². The fourth-order valence-electron chi connectivity index (χ4n) is 7.41. The van der Waals surface area contributed by atoms with E-state index in [0.717, 1.165) is 13.1 Å². The molecule has 6 atom stereocenters. The molecule has 0 aromatic carbocycles. The van der Waals surface area contributed by atoms with Crippen molar-refractivity contribution < 1.29 is 0 Å². The van der Waals surface area contributed by atoms with Crippen molar-refractivity contribution in [3.05, 3.63) is 28.6 Å². The highest BCUT2D eigenvalue weighted by atomic mass is 15.1. The first-order chi connectivity index (χ1) is 15.8. The summed E-state index contributed by atoms with van der Waals surface area (Å²) in [7, 11) is 0. The van der Waals surface area contributed by atoms with Gasteiger partial charge in [-0.25, -0.2) is 0 Å². The molecule has 0 spiro atoms. The summed E-state index contributed by atoms with van der Waals surface area (Å²) >= 11 is 0. The second-order valence-electron chi connectivity index (χ2n) is 11.2. The molecule has 2 heterocycles. The molecule has 1 aromatic rings. The SMILES string of the molecule is c1c2c3nc4c1CCC[C@@H]4NC1CCCCC1NCCNC1CCCCC1N[C@H]3CCC2. The lowest BCUT2D eigenvalue weighted by Crippen LogP contribution is -2.54. The van der Waals surface area contributed by atoms with Gasteiger partial charge in [-0.3, -0.25) is 4.98 Å². The summed E-state index contributed by atoms with van der Waals surface area (Å²) in [5.41, 5.74) is 5.85. The minimum absolute atomic E-state index is 0.435. The molecular weight excluding hydrogens is 394 g/mol. The van der Waals surface area contributed by atoms with Crippen molar-refractivity contribution in [1.82, 2.24) is 26.3 Å². The standard InChI is InChI=1S/C27H43N5/c1-3-11-22-20(9-1)28-15-16-29-21-10-2-4-12-23(21)31-25-14-6-8-19-17-18-7-5-13-24(30-22)26(18)32-27(19)25/h17,20-25,28-31H,1-16H2/t20?,21?,22?,23?,24-,25-/m0/s1. The third kappa shape index (κ3) is 4.38. The summed E-state index contributed by atoms with van der Waals surface area (Å²) in [6, 6.07) is 5.80. The van der Waals surface area contributed by atoms with Crippen molar-refractivity contribution >= 4 is 0 Å². The Bertz CT molecular complexity index is 733. The van der Waals surface area contributed by atoms with E-state index in [0.29, 0.717) is 36.3 Å². The smallest absolute Gasteiger partial charge is 0.0609 e. The van der Waals surface area contributed by atoms with E-state index < -0.39 is 0 Å². The molecule has 6 rings (SSSR count). The second kappa shape index (κ2) is 9.69. The number of fused-ring (bicyclic) bond motifs is 2. The summed E-state index contributed by atoms with van der Waals surface area (Å²) in [6.45, 7) is 2.17. The fraction of sp³-hybridized carbons (Fsp3) is 0.815. The molecule has 0 radical (unpaired) electrons. The average molecular weight is 438 g/mol. The number of nitrogens with zero attached hydrogens (tertiary/aromatic N) is 1. The van der Waals surface area contributed by atoms with Gasteiger partial charge in [-0.15, -0.1) is 0 Å². The lowest BCUT2D eigenvalue weighted by Gasteiger charge is -2.38. The van der Waals surface area contributed by atoms with Crippen LogP contribution in [0.4, 0.5) is 0 Å². The number of aromatic nitrogens is 1. The highest BCUT2D eigenvalue weighted by Crippen LogP contribution is 2.37. The maximum Gasteiger partial charge on any atom is 0.0609 e. The van der Waals surface area contributed by atoms with Gasteiger partial charge >= 0.3 is 0 Å². The van der Waals surface area contributed by atoms with Gasteiger partial charge in [0.05, 0.1) is 23.5 Å². The molecule has 4 N–H and O–H groups in total. The number of aryl methyl sites for hydroxylation is 2. The second-order valence-corrected chi connectivity index (χ2v) is 11.2. The molecule has 1 aromatic heterocycles. The molecule has 32 heavy (non-hydrogen) atoms. The van der Waals surface area contributed by atoms with Crippen molar-refractivity contribution in [2.24, 2.45) is 0 Å². The van der Waals surface area contributed by atoms with E-state index >= 15 is 0 Å². The summed E-state index contributed by atoms with van der Waals surface area (Å²) in [5, 5.41) is 16.1. The molecule has 5 aliphatic rings. The average Bonchev–Trinajstić information content (AvgIpc) is 2.83. The molecule has 0 saturated heterocycles. The maximum absolute atomic E-state index is 5.50. The van der Waals surface area contributed by atoms with E-state index in [2.05, 4.69) is 27.3 Å². The normalized spacial score (nSPS) is 38.0. The highest BCUT2D eigenvalue weighted by molar-refractivity contribution is 5.37. The zero-order valence-corrected chi connectivity index (χ0v) is 19.8. The first-order valence-electron chi connectivity index (χ1n) is 13.9. The summed E-state index contributed by atoms with van der Waals surface area (Å²) in [5.74, 6) is 0. The third-order valence-corrected chi connectivity index (χ3v) is 9.09. The van der Waals surface area contributed by atoms with Crippen molar-refractivity contribution in [3.63, 3.8) is 0 Å². The van der Waals surface area contributed by atoms with E-state index in [9.17, 15) is 0 Å². The van der Waals surface area contributed by atoms with Crippen LogP contribution in [0.3, 0.4) is 0 Å². The van der Waals surface area contributed by atoms with Gasteiger partial charge in [0.15, 0.2) is 0 Å². The van der Waals surface area contributed by atoms with E-state index in [1.807, 2.05) is 0 Å². The number of hydrogen-bond acceptors (Lipinski definition) is 5. The third-order valence-electron chi connectivity index (χ3n) is 9.09. The van der Waals surface area contributed by atoms with Crippen molar-refractivity contribution in [2.75, 3.05) is 13.1 Å². The summed E-state index contributed by atoms with van der Waals surface area (Å²) in [4.78, 5) is 5.50. The van der Waals surface area contributed by atoms with Crippen LogP contribution < -0.4 is 21.3 Å². The van der Waals surface area contributed by atoms with E-state index in [1.165, 1.54) is 112 Å². The Morgan fingerprint density at radius 3 is 1.53 bits per heavy atom. The van der Waals surface area contributed by atoms with Crippen molar-refractivity contribution in [1.29, 1.82) is 0 Å². The van der Waals surface area contributed by atoms with Crippen LogP contribution in [0.1, 0.15) is 112 Å². The molecule has 1 aliphatic heterocycles. The van der Waals surface area contributed by atoms with Gasteiger partial charge in [0.2, 0.25) is 0 Å². The van der Waals surface area contributed by atoms with E-state index in [-0.39, 0.29) is 0 Å². The van der Waals surface area contributed by atoms with Crippen LogP contribution in [0.15, 0.2) is 6.07 Å². The van der Waals surface area contributed by atoms with Gasteiger partial charge in [0.25, 0.3) is 0 Å². The Labute approximate surface area is 194 Å². The molecule has 2 fully saturated rings. The number of rotatable bonds is 0. The lowest BCUT2D eigenvalue weighted by atomic mass is 9.83. The largest absolute Gasteiger partial charge is 0.311 e. The van der Waals surface area contributed by atoms with Gasteiger partial charge < -0.3 is 21.3 Å². The monoisotopic (exact) mass is 437 g/mol. The molecule has 4 unspecified atom stereocenters. The van der Waals surface area contributed by atoms with Crippen LogP contribution in [-0.2, 0) is 12.8 Å². The Kier molecular flexibility index (Phi) is 6.52. The molecule has 0 amide bonds. The predicted octanol–water partition coefficient (Wildman–Crippen LogP) is 3.83. The zero-order valence-electron chi connectivity index (χ0n) is 19.8. The first kappa shape index (κ1) is 21.5. The van der Waals surface area contributed by atoms with Crippen LogP contribution in [0, 0.1) is 0 Å². The summed E-state index contributed by atoms with van der Waals surface area (Å²) < 4.78 is 0. The lowest BCUT2D eigenvalue weighted by molar-refractivity contribution is 0.243. The molecular formula is C27H43N5. The minimum atomic E-state index is 0.435. The van der Waals surface area contributed by atoms with Crippen LogP contribution in [0.5, 0.6) is 0 Å². The Morgan fingerprint density at radius 1 is 0.562 bits per heavy atom. The molecule has 2 saturated carbocycles. The molecule has 2 bridgehead atoms. The Morgan fingerprint density at radius 2 is 1.03 bits per heavy atom. The van der Waals surface area contributed by atoms with Crippen molar-refractivity contribution in [3.8, 4) is 0 Å². The van der Waals surface area contributed by atoms with Crippen molar-refractivity contribution in [2.45, 2.75) is 126 Å². The first-order valence-corrected chi connectivity index (χ1v) is 13.9. The maximum atomic E-state index is 5.50. The van der Waals surface area contributed by atoms with Crippen LogP contribution in [-0.4, -0.2) is 42.2 Å². The molecule has 176 valence electrons.